The van der Waals surface area contributed by atoms with E-state index in [1.165, 1.54) is 29.9 Å². The molecular weight excluding hydrogens is 538 g/mol. The van der Waals surface area contributed by atoms with Crippen LogP contribution in [-0.2, 0) is 0 Å². The van der Waals surface area contributed by atoms with E-state index in [1.54, 1.807) is 30.3 Å². The maximum Gasteiger partial charge on any atom is 0.349 e. The molecule has 0 spiro atoms. The van der Waals surface area contributed by atoms with Gasteiger partial charge in [0.05, 0.1) is 27.4 Å². The van der Waals surface area contributed by atoms with Crippen molar-refractivity contribution in [3.63, 3.8) is 0 Å². The molecule has 0 saturated heterocycles. The molecule has 198 valence electrons. The van der Waals surface area contributed by atoms with Crippen LogP contribution in [0.2, 0.25) is 0 Å². The molecule has 0 N–H and O–H groups in total. The normalized spacial score (nSPS) is 11.7. The van der Waals surface area contributed by atoms with Crippen LogP contribution in [0.1, 0.15) is 21.5 Å². The standard InChI is InChI=1S/C32H19N3O5S/c1-18-10-12-25-28(14-18)41-32(34-25)35(33-16-20-17-39-26-9-5-4-8-22(26)29(20)36)30(37)24-15-23-21-7-3-2-6-19(21)11-13-27(23)40-31(24)38/h2-17H,1H3/b33-16+. The molecule has 0 atom stereocenters. The summed E-state index contributed by atoms with van der Waals surface area (Å²) in [6.45, 7) is 1.96. The average molecular weight is 558 g/mol. The first-order valence-corrected chi connectivity index (χ1v) is 13.5. The summed E-state index contributed by atoms with van der Waals surface area (Å²) < 4.78 is 12.0. The van der Waals surface area contributed by atoms with E-state index in [0.29, 0.717) is 27.5 Å². The lowest BCUT2D eigenvalue weighted by Gasteiger charge is -2.13. The van der Waals surface area contributed by atoms with Gasteiger partial charge in [0.2, 0.25) is 10.6 Å². The minimum absolute atomic E-state index is 0.134. The van der Waals surface area contributed by atoms with Gasteiger partial charge in [-0.1, -0.05) is 59.9 Å². The lowest BCUT2D eigenvalue weighted by atomic mass is 10.0. The number of carbonyl (C=O) groups is 1. The first kappa shape index (κ1) is 24.6. The molecule has 0 bridgehead atoms. The van der Waals surface area contributed by atoms with Gasteiger partial charge in [-0.05, 0) is 59.7 Å². The van der Waals surface area contributed by atoms with Crippen molar-refractivity contribution in [2.24, 2.45) is 5.10 Å². The van der Waals surface area contributed by atoms with Crippen molar-refractivity contribution < 1.29 is 13.6 Å². The second-order valence-electron chi connectivity index (χ2n) is 9.49. The quantitative estimate of drug-likeness (QED) is 0.104. The van der Waals surface area contributed by atoms with Gasteiger partial charge in [-0.25, -0.2) is 9.78 Å². The van der Waals surface area contributed by atoms with E-state index >= 15 is 0 Å². The third kappa shape index (κ3) is 4.29. The molecular formula is C32H19N3O5S. The number of hydrogen-bond donors (Lipinski definition) is 0. The van der Waals surface area contributed by atoms with Crippen molar-refractivity contribution in [3.05, 3.63) is 129 Å². The number of anilines is 1. The zero-order valence-corrected chi connectivity index (χ0v) is 22.3. The fraction of sp³-hybridized carbons (Fsp3) is 0.0312. The Morgan fingerprint density at radius 2 is 1.71 bits per heavy atom. The third-order valence-electron chi connectivity index (χ3n) is 6.80. The Kier molecular flexibility index (Phi) is 5.80. The number of thiazole rings is 1. The van der Waals surface area contributed by atoms with Crippen molar-refractivity contribution >= 4 is 71.5 Å². The molecule has 8 nitrogen and oxygen atoms in total. The fourth-order valence-corrected chi connectivity index (χ4v) is 5.76. The molecule has 0 unspecified atom stereocenters. The molecule has 0 aliphatic rings. The zero-order chi connectivity index (χ0) is 28.1. The van der Waals surface area contributed by atoms with E-state index in [9.17, 15) is 14.4 Å². The maximum absolute atomic E-state index is 14.0. The minimum atomic E-state index is -0.805. The number of amides is 1. The molecule has 0 radical (unpaired) electrons. The van der Waals surface area contributed by atoms with Crippen LogP contribution in [-0.4, -0.2) is 17.1 Å². The van der Waals surface area contributed by atoms with Crippen molar-refractivity contribution in [3.8, 4) is 0 Å². The lowest BCUT2D eigenvalue weighted by molar-refractivity contribution is 0.0984. The number of benzene rings is 4. The summed E-state index contributed by atoms with van der Waals surface area (Å²) in [7, 11) is 0. The number of hydrogen-bond acceptors (Lipinski definition) is 8. The molecule has 3 heterocycles. The molecule has 3 aromatic heterocycles. The minimum Gasteiger partial charge on any atom is -0.463 e. The second kappa shape index (κ2) is 9.65. The van der Waals surface area contributed by atoms with Crippen LogP contribution in [0.4, 0.5) is 5.13 Å². The summed E-state index contributed by atoms with van der Waals surface area (Å²) in [6.07, 6.45) is 2.53. The molecule has 41 heavy (non-hydrogen) atoms. The van der Waals surface area contributed by atoms with E-state index in [2.05, 4.69) is 10.1 Å². The SMILES string of the molecule is Cc1ccc2nc(N(/N=C/c3coc4ccccc4c3=O)C(=O)c3cc4c(ccc5ccccc54)oc3=O)sc2c1. The number of aromatic nitrogens is 1. The predicted molar refractivity (Wildman–Crippen MR) is 161 cm³/mol. The molecule has 7 aromatic rings. The monoisotopic (exact) mass is 557 g/mol. The average Bonchev–Trinajstić information content (AvgIpc) is 3.40. The van der Waals surface area contributed by atoms with Gasteiger partial charge in [-0.3, -0.25) is 9.59 Å². The Balaban J connectivity index is 1.39. The first-order chi connectivity index (χ1) is 20.0. The van der Waals surface area contributed by atoms with Crippen molar-refractivity contribution in [2.45, 2.75) is 6.92 Å². The molecule has 0 saturated carbocycles. The van der Waals surface area contributed by atoms with Crippen molar-refractivity contribution in [1.82, 2.24) is 4.98 Å². The molecule has 7 rings (SSSR count). The van der Waals surface area contributed by atoms with Crippen LogP contribution in [0.5, 0.6) is 0 Å². The van der Waals surface area contributed by atoms with Gasteiger partial charge in [0.25, 0.3) is 5.91 Å². The van der Waals surface area contributed by atoms with Gasteiger partial charge < -0.3 is 8.83 Å². The maximum atomic E-state index is 14.0. The van der Waals surface area contributed by atoms with Gasteiger partial charge in [0.1, 0.15) is 23.0 Å². The Hall–Kier alpha value is -5.41. The summed E-state index contributed by atoms with van der Waals surface area (Å²) in [5, 5.41) is 8.40. The molecule has 9 heteroatoms. The van der Waals surface area contributed by atoms with Gasteiger partial charge in [-0.2, -0.15) is 10.1 Å². The third-order valence-corrected chi connectivity index (χ3v) is 7.79. The summed E-state index contributed by atoms with van der Waals surface area (Å²) in [4.78, 5) is 44.8. The summed E-state index contributed by atoms with van der Waals surface area (Å²) in [6, 6.07) is 25.3. The van der Waals surface area contributed by atoms with Crippen LogP contribution in [0.25, 0.3) is 42.9 Å². The molecule has 1 amide bonds. The number of para-hydroxylation sites is 1. The number of carbonyl (C=O) groups excluding carboxylic acids is 1. The van der Waals surface area contributed by atoms with Crippen LogP contribution in [0.15, 0.2) is 115 Å². The Morgan fingerprint density at radius 1 is 0.902 bits per heavy atom. The molecule has 4 aromatic carbocycles. The Morgan fingerprint density at radius 3 is 2.59 bits per heavy atom. The Bertz CT molecular complexity index is 2320. The highest BCUT2D eigenvalue weighted by atomic mass is 32.1. The number of hydrazone groups is 1. The van der Waals surface area contributed by atoms with E-state index in [1.807, 2.05) is 55.5 Å². The summed E-state index contributed by atoms with van der Waals surface area (Å²) in [5.41, 5.74) is 1.31. The highest BCUT2D eigenvalue weighted by Crippen LogP contribution is 2.31. The highest BCUT2D eigenvalue weighted by Gasteiger charge is 2.25. The van der Waals surface area contributed by atoms with E-state index in [4.69, 9.17) is 8.83 Å². The van der Waals surface area contributed by atoms with Gasteiger partial charge in [-0.15, -0.1) is 0 Å². The van der Waals surface area contributed by atoms with Gasteiger partial charge >= 0.3 is 5.63 Å². The number of nitrogens with zero attached hydrogens (tertiary/aromatic N) is 3. The van der Waals surface area contributed by atoms with Crippen molar-refractivity contribution in [2.75, 3.05) is 5.01 Å². The highest BCUT2D eigenvalue weighted by molar-refractivity contribution is 7.22. The number of aryl methyl sites for hydroxylation is 1. The molecule has 0 aliphatic heterocycles. The molecule has 0 aliphatic carbocycles. The first-order valence-electron chi connectivity index (χ1n) is 12.7. The van der Waals surface area contributed by atoms with Gasteiger partial charge in [0.15, 0.2) is 0 Å². The lowest BCUT2D eigenvalue weighted by Crippen LogP contribution is -2.30. The fourth-order valence-electron chi connectivity index (χ4n) is 4.74. The second-order valence-corrected chi connectivity index (χ2v) is 10.5. The molecule has 0 fully saturated rings. The largest absolute Gasteiger partial charge is 0.463 e. The van der Waals surface area contributed by atoms with Crippen LogP contribution < -0.4 is 16.1 Å². The summed E-state index contributed by atoms with van der Waals surface area (Å²) in [5.74, 6) is -0.745. The van der Waals surface area contributed by atoms with Crippen LogP contribution in [0.3, 0.4) is 0 Å². The smallest absolute Gasteiger partial charge is 0.349 e. The van der Waals surface area contributed by atoms with E-state index < -0.39 is 11.5 Å². The van der Waals surface area contributed by atoms with Crippen LogP contribution in [0, 0.1) is 6.92 Å². The van der Waals surface area contributed by atoms with E-state index in [0.717, 1.165) is 26.0 Å². The zero-order valence-electron chi connectivity index (χ0n) is 21.5. The van der Waals surface area contributed by atoms with Gasteiger partial charge in [0, 0.05) is 5.39 Å². The van der Waals surface area contributed by atoms with Crippen molar-refractivity contribution in [1.29, 1.82) is 0 Å². The predicted octanol–water partition coefficient (Wildman–Crippen LogP) is 6.65. The van der Waals surface area contributed by atoms with E-state index in [-0.39, 0.29) is 21.7 Å². The number of rotatable bonds is 4. The van der Waals surface area contributed by atoms with Crippen LogP contribution >= 0.6 is 11.3 Å². The number of fused-ring (bicyclic) bond motifs is 5. The summed E-state index contributed by atoms with van der Waals surface area (Å²) >= 11 is 1.24. The topological polar surface area (TPSA) is 106 Å². The Labute approximate surface area is 235 Å².